The van der Waals surface area contributed by atoms with Crippen molar-refractivity contribution in [1.82, 2.24) is 24.6 Å². The molecule has 164 valence electrons. The third-order valence-electron chi connectivity index (χ3n) is 6.30. The lowest BCUT2D eigenvalue weighted by molar-refractivity contribution is -0.516. The minimum atomic E-state index is -0.200. The van der Waals surface area contributed by atoms with Crippen LogP contribution < -0.4 is 15.8 Å². The van der Waals surface area contributed by atoms with Gasteiger partial charge in [-0.25, -0.2) is 9.89 Å². The number of H-pyrrole nitrogens is 1. The summed E-state index contributed by atoms with van der Waals surface area (Å²) in [5.74, 6) is 0.171. The van der Waals surface area contributed by atoms with Crippen molar-refractivity contribution < 1.29 is 4.40 Å². The molecule has 0 bridgehead atoms. The number of hydrogen-bond donors (Lipinski definition) is 2. The van der Waals surface area contributed by atoms with Gasteiger partial charge in [-0.1, -0.05) is 30.3 Å². The van der Waals surface area contributed by atoms with Crippen LogP contribution in [-0.4, -0.2) is 44.3 Å². The Balaban J connectivity index is 1.80. The molecule has 8 heteroatoms. The topological polar surface area (TPSA) is 96.9 Å². The normalized spacial score (nSPS) is 16.8. The molecule has 1 fully saturated rings. The summed E-state index contributed by atoms with van der Waals surface area (Å²) in [6.07, 6.45) is 2.22. The van der Waals surface area contributed by atoms with Crippen LogP contribution in [0, 0.1) is 13.8 Å². The van der Waals surface area contributed by atoms with Gasteiger partial charge in [0.25, 0.3) is 0 Å². The highest BCUT2D eigenvalue weighted by Crippen LogP contribution is 2.33. The standard InChI is InChI=1S/C24H27N7O/c1-15-12-18(13-16(2)26-15)20-21(17-8-5-4-6-9-17)27-23(25)31-22(20)28-30(24(31)32)14-19-10-7-11-29(19)3/h4-6,8-9,12-13,19H,7,10-11,14H2,1-3H3,(H2,25,26,27,28)/p+1. The van der Waals surface area contributed by atoms with Gasteiger partial charge in [0.2, 0.25) is 5.65 Å². The van der Waals surface area contributed by atoms with Gasteiger partial charge < -0.3 is 10.6 Å². The summed E-state index contributed by atoms with van der Waals surface area (Å²) in [6, 6.07) is 14.3. The fourth-order valence-corrected chi connectivity index (χ4v) is 4.76. The van der Waals surface area contributed by atoms with Gasteiger partial charge in [-0.2, -0.15) is 4.68 Å². The molecule has 1 saturated heterocycles. The third kappa shape index (κ3) is 3.46. The predicted octanol–water partition coefficient (Wildman–Crippen LogP) is 2.33. The van der Waals surface area contributed by atoms with Crippen molar-refractivity contribution in [2.45, 2.75) is 39.3 Å². The van der Waals surface area contributed by atoms with Crippen LogP contribution in [0.1, 0.15) is 24.2 Å². The molecule has 1 atom stereocenters. The molecule has 32 heavy (non-hydrogen) atoms. The summed E-state index contributed by atoms with van der Waals surface area (Å²) < 4.78 is 3.15. The van der Waals surface area contributed by atoms with Gasteiger partial charge in [-0.05, 0) is 58.0 Å². The molecule has 0 radical (unpaired) electrons. The molecular weight excluding hydrogens is 402 g/mol. The molecule has 1 aliphatic rings. The molecule has 1 aliphatic heterocycles. The number of rotatable bonds is 4. The van der Waals surface area contributed by atoms with Crippen molar-refractivity contribution >= 4 is 11.6 Å². The first-order valence-electron chi connectivity index (χ1n) is 11.0. The number of nitrogen functional groups attached to an aromatic ring is 1. The number of nitrogens with zero attached hydrogens (tertiary/aromatic N) is 5. The quantitative estimate of drug-likeness (QED) is 0.485. The summed E-state index contributed by atoms with van der Waals surface area (Å²) in [5, 5.41) is 3.37. The number of likely N-dealkylation sites (tertiary alicyclic amines) is 1. The number of aromatic nitrogens is 5. The number of nitrogens with two attached hydrogens (primary N) is 1. The number of likely N-dealkylation sites (N-methyl/N-ethyl adjacent to an activating group) is 1. The molecule has 1 unspecified atom stereocenters. The lowest BCUT2D eigenvalue weighted by Crippen LogP contribution is -2.46. The highest BCUT2D eigenvalue weighted by molar-refractivity contribution is 5.88. The molecule has 0 amide bonds. The van der Waals surface area contributed by atoms with E-state index in [1.807, 2.05) is 56.3 Å². The number of pyridine rings is 1. The van der Waals surface area contributed by atoms with E-state index in [-0.39, 0.29) is 11.6 Å². The first-order valence-corrected chi connectivity index (χ1v) is 11.0. The first-order chi connectivity index (χ1) is 15.4. The molecule has 8 nitrogen and oxygen atoms in total. The maximum absolute atomic E-state index is 13.4. The summed E-state index contributed by atoms with van der Waals surface area (Å²) in [7, 11) is 2.11. The molecular formula is C24H28N7O+. The average molecular weight is 431 g/mol. The van der Waals surface area contributed by atoms with Crippen molar-refractivity contribution in [3.8, 4) is 22.4 Å². The number of aryl methyl sites for hydroxylation is 2. The molecule has 5 rings (SSSR count). The third-order valence-corrected chi connectivity index (χ3v) is 6.30. The van der Waals surface area contributed by atoms with Crippen LogP contribution in [0.4, 0.5) is 5.95 Å². The van der Waals surface area contributed by atoms with Crippen molar-refractivity contribution in [2.75, 3.05) is 19.3 Å². The maximum atomic E-state index is 13.4. The van der Waals surface area contributed by atoms with Gasteiger partial charge in [0.15, 0.2) is 0 Å². The van der Waals surface area contributed by atoms with Gasteiger partial charge in [0.05, 0.1) is 12.1 Å². The lowest BCUT2D eigenvalue weighted by Gasteiger charge is -2.17. The van der Waals surface area contributed by atoms with Crippen LogP contribution in [0.5, 0.6) is 0 Å². The monoisotopic (exact) mass is 430 g/mol. The minimum absolute atomic E-state index is 0.171. The number of fused-ring (bicyclic) bond motifs is 1. The van der Waals surface area contributed by atoms with Crippen molar-refractivity contribution in [3.63, 3.8) is 0 Å². The van der Waals surface area contributed by atoms with E-state index in [4.69, 9.17) is 10.7 Å². The van der Waals surface area contributed by atoms with Gasteiger partial charge in [-0.3, -0.25) is 4.98 Å². The van der Waals surface area contributed by atoms with Gasteiger partial charge in [0.1, 0.15) is 5.69 Å². The van der Waals surface area contributed by atoms with Gasteiger partial charge in [-0.15, -0.1) is 9.38 Å². The second kappa shape index (κ2) is 7.87. The van der Waals surface area contributed by atoms with E-state index in [2.05, 4.69) is 22.0 Å². The Morgan fingerprint density at radius 2 is 1.84 bits per heavy atom. The van der Waals surface area contributed by atoms with Crippen LogP contribution in [0.3, 0.4) is 0 Å². The summed E-state index contributed by atoms with van der Waals surface area (Å²) >= 11 is 0. The molecule has 4 heterocycles. The van der Waals surface area contributed by atoms with Crippen LogP contribution in [0.25, 0.3) is 28.0 Å². The average Bonchev–Trinajstić information content (AvgIpc) is 3.31. The number of hydrogen-bond acceptors (Lipinski definition) is 5. The van der Waals surface area contributed by atoms with Crippen LogP contribution in [0.15, 0.2) is 47.3 Å². The van der Waals surface area contributed by atoms with Crippen LogP contribution in [-0.2, 0) is 6.54 Å². The predicted molar refractivity (Wildman–Crippen MR) is 124 cm³/mol. The highest BCUT2D eigenvalue weighted by Gasteiger charge is 2.29. The SMILES string of the molecule is Cc1cc(-c2c(-c3ccccc3)nc(N)[n+]3c(=O)n(CC4CCCN4C)[nH]c23)cc(C)n1. The number of aromatic amines is 1. The molecule has 0 aliphatic carbocycles. The molecule has 0 spiro atoms. The fraction of sp³-hybridized carbons (Fsp3) is 0.333. The summed E-state index contributed by atoms with van der Waals surface area (Å²) in [5.41, 5.74) is 12.1. The Labute approximate surface area is 186 Å². The van der Waals surface area contributed by atoms with E-state index < -0.39 is 0 Å². The zero-order valence-corrected chi connectivity index (χ0v) is 18.7. The van der Waals surface area contributed by atoms with E-state index in [0.29, 0.717) is 18.2 Å². The molecule has 3 N–H and O–H groups in total. The number of benzene rings is 1. The summed E-state index contributed by atoms with van der Waals surface area (Å²) in [6.45, 7) is 5.58. The fourth-order valence-electron chi connectivity index (χ4n) is 4.76. The lowest BCUT2D eigenvalue weighted by atomic mass is 9.99. The Morgan fingerprint density at radius 1 is 1.12 bits per heavy atom. The molecule has 3 aromatic heterocycles. The Hall–Kier alpha value is -3.52. The smallest absolute Gasteiger partial charge is 0.319 e. The van der Waals surface area contributed by atoms with Crippen molar-refractivity contribution in [3.05, 3.63) is 64.3 Å². The Kier molecular flexibility index (Phi) is 5.01. The van der Waals surface area contributed by atoms with Crippen LogP contribution >= 0.6 is 0 Å². The van der Waals surface area contributed by atoms with Crippen LogP contribution in [0.2, 0.25) is 0 Å². The molecule has 4 aromatic rings. The zero-order chi connectivity index (χ0) is 22.4. The van der Waals surface area contributed by atoms with E-state index in [9.17, 15) is 4.79 Å². The maximum Gasteiger partial charge on any atom is 0.428 e. The van der Waals surface area contributed by atoms with E-state index in [1.165, 1.54) is 4.40 Å². The largest absolute Gasteiger partial charge is 0.428 e. The molecule has 1 aromatic carbocycles. The molecule has 0 saturated carbocycles. The van der Waals surface area contributed by atoms with Crippen molar-refractivity contribution in [1.29, 1.82) is 0 Å². The highest BCUT2D eigenvalue weighted by atomic mass is 16.2. The first kappa shape index (κ1) is 20.4. The number of anilines is 1. The summed E-state index contributed by atoms with van der Waals surface area (Å²) in [4.78, 5) is 24.9. The number of nitrogens with one attached hydrogen (secondary N) is 1. The second-order valence-electron chi connectivity index (χ2n) is 8.66. The van der Waals surface area contributed by atoms with E-state index in [0.717, 1.165) is 53.2 Å². The Bertz CT molecular complexity index is 1340. The zero-order valence-electron chi connectivity index (χ0n) is 18.7. The van der Waals surface area contributed by atoms with E-state index >= 15 is 0 Å². The van der Waals surface area contributed by atoms with Gasteiger partial charge in [0, 0.05) is 23.0 Å². The second-order valence-corrected chi connectivity index (χ2v) is 8.66. The Morgan fingerprint density at radius 3 is 2.50 bits per heavy atom. The van der Waals surface area contributed by atoms with Gasteiger partial charge >= 0.3 is 11.6 Å². The van der Waals surface area contributed by atoms with Crippen molar-refractivity contribution in [2.24, 2.45) is 0 Å². The van der Waals surface area contributed by atoms with E-state index in [1.54, 1.807) is 4.68 Å². The minimum Gasteiger partial charge on any atom is -0.319 e.